The Bertz CT molecular complexity index is 1580. The van der Waals surface area contributed by atoms with E-state index in [9.17, 15) is 14.4 Å². The second-order valence-electron chi connectivity index (χ2n) is 8.53. The van der Waals surface area contributed by atoms with E-state index in [0.29, 0.717) is 33.7 Å². The fourth-order valence-electron chi connectivity index (χ4n) is 4.46. The predicted octanol–water partition coefficient (Wildman–Crippen LogP) is 3.21. The van der Waals surface area contributed by atoms with Crippen LogP contribution in [0.15, 0.2) is 75.9 Å². The Kier molecular flexibility index (Phi) is 6.61. The van der Waals surface area contributed by atoms with Crippen LogP contribution in [-0.2, 0) is 9.59 Å². The van der Waals surface area contributed by atoms with Crippen LogP contribution in [0.2, 0.25) is 0 Å². The first kappa shape index (κ1) is 24.7. The van der Waals surface area contributed by atoms with Crippen LogP contribution in [0.5, 0.6) is 23.0 Å². The standard InChI is InChI=1S/C28H24N2O8/c1-34-17-10-8-16(9-11-17)30-27(32)26-23(15-7-12-20(35-2)21(13-15)36-14-22(29)31)24-25(38-26)18-5-3-4-6-19(18)37-28(24)33/h3-13,23,26H,14H2,1-2H3,(H2,29,31)(H,30,32)/t23-,26-/m1/s1. The van der Waals surface area contributed by atoms with Gasteiger partial charge >= 0.3 is 5.63 Å². The van der Waals surface area contributed by atoms with Crippen molar-refractivity contribution in [2.75, 3.05) is 26.1 Å². The van der Waals surface area contributed by atoms with Crippen LogP contribution >= 0.6 is 0 Å². The van der Waals surface area contributed by atoms with E-state index in [-0.39, 0.29) is 23.7 Å². The molecule has 0 spiro atoms. The molecule has 2 atom stereocenters. The lowest BCUT2D eigenvalue weighted by Crippen LogP contribution is -2.35. The number of primary amides is 1. The SMILES string of the molecule is COc1ccc(NC(=O)[C@@H]2Oc3c(c(=O)oc4ccccc34)[C@H]2c2ccc(OC)c(OCC(N)=O)c2)cc1. The lowest BCUT2D eigenvalue weighted by Gasteiger charge is -2.20. The smallest absolute Gasteiger partial charge is 0.344 e. The molecule has 194 valence electrons. The molecule has 4 aromatic rings. The maximum atomic E-state index is 13.6. The number of amides is 2. The molecule has 0 radical (unpaired) electrons. The molecular formula is C28H24N2O8. The normalized spacial score (nSPS) is 15.8. The molecule has 2 amide bonds. The number of rotatable bonds is 8. The molecule has 0 saturated heterocycles. The monoisotopic (exact) mass is 516 g/mol. The number of carbonyl (C=O) groups excluding carboxylic acids is 2. The molecular weight excluding hydrogens is 492 g/mol. The lowest BCUT2D eigenvalue weighted by molar-refractivity contribution is -0.122. The molecule has 1 aliphatic rings. The first-order valence-electron chi connectivity index (χ1n) is 11.7. The molecule has 3 N–H and O–H groups in total. The van der Waals surface area contributed by atoms with Crippen molar-refractivity contribution in [1.82, 2.24) is 0 Å². The Morgan fingerprint density at radius 3 is 2.45 bits per heavy atom. The predicted molar refractivity (Wildman–Crippen MR) is 138 cm³/mol. The summed E-state index contributed by atoms with van der Waals surface area (Å²) in [5.74, 6) is -0.531. The van der Waals surface area contributed by atoms with Crippen molar-refractivity contribution in [2.24, 2.45) is 5.73 Å². The summed E-state index contributed by atoms with van der Waals surface area (Å²) in [6.07, 6.45) is -1.13. The molecule has 0 aliphatic carbocycles. The van der Waals surface area contributed by atoms with Gasteiger partial charge in [-0.25, -0.2) is 4.79 Å². The molecule has 0 bridgehead atoms. The third kappa shape index (κ3) is 4.59. The van der Waals surface area contributed by atoms with Gasteiger partial charge in [0, 0.05) is 5.69 Å². The van der Waals surface area contributed by atoms with Crippen LogP contribution in [0.25, 0.3) is 11.0 Å². The Morgan fingerprint density at radius 1 is 0.974 bits per heavy atom. The molecule has 1 aliphatic heterocycles. The Morgan fingerprint density at radius 2 is 1.74 bits per heavy atom. The van der Waals surface area contributed by atoms with Crippen LogP contribution < -0.4 is 35.6 Å². The lowest BCUT2D eigenvalue weighted by atomic mass is 9.88. The van der Waals surface area contributed by atoms with Crippen molar-refractivity contribution in [1.29, 1.82) is 0 Å². The van der Waals surface area contributed by atoms with Gasteiger partial charge in [-0.15, -0.1) is 0 Å². The summed E-state index contributed by atoms with van der Waals surface area (Å²) in [4.78, 5) is 38.1. The molecule has 2 heterocycles. The van der Waals surface area contributed by atoms with E-state index in [1.54, 1.807) is 73.8 Å². The minimum absolute atomic E-state index is 0.199. The van der Waals surface area contributed by atoms with Crippen LogP contribution in [-0.4, -0.2) is 38.7 Å². The number of hydrogen-bond acceptors (Lipinski definition) is 8. The molecule has 5 rings (SSSR count). The van der Waals surface area contributed by atoms with Crippen LogP contribution in [0, 0.1) is 0 Å². The molecule has 3 aromatic carbocycles. The summed E-state index contributed by atoms with van der Waals surface area (Å²) in [5.41, 5.74) is 6.19. The number of ether oxygens (including phenoxy) is 4. The first-order valence-corrected chi connectivity index (χ1v) is 11.7. The van der Waals surface area contributed by atoms with Crippen LogP contribution in [0.1, 0.15) is 17.0 Å². The van der Waals surface area contributed by atoms with Crippen molar-refractivity contribution in [3.8, 4) is 23.0 Å². The number of nitrogens with one attached hydrogen (secondary N) is 1. The van der Waals surface area contributed by atoms with Gasteiger partial charge in [0.25, 0.3) is 11.8 Å². The number of anilines is 1. The minimum atomic E-state index is -1.13. The van der Waals surface area contributed by atoms with E-state index in [1.807, 2.05) is 0 Å². The van der Waals surface area contributed by atoms with Crippen molar-refractivity contribution in [3.63, 3.8) is 0 Å². The molecule has 0 unspecified atom stereocenters. The fraction of sp³-hybridized carbons (Fsp3) is 0.179. The second kappa shape index (κ2) is 10.2. The third-order valence-electron chi connectivity index (χ3n) is 6.19. The average molecular weight is 517 g/mol. The van der Waals surface area contributed by atoms with Gasteiger partial charge in [0.2, 0.25) is 0 Å². The quantitative estimate of drug-likeness (QED) is 0.341. The van der Waals surface area contributed by atoms with Gasteiger partial charge < -0.3 is 34.4 Å². The number of nitrogens with two attached hydrogens (primary N) is 1. The summed E-state index contributed by atoms with van der Waals surface area (Å²) in [7, 11) is 3.00. The van der Waals surface area contributed by atoms with E-state index in [1.165, 1.54) is 7.11 Å². The largest absolute Gasteiger partial charge is 0.497 e. The van der Waals surface area contributed by atoms with E-state index in [2.05, 4.69) is 5.32 Å². The number of fused-ring (bicyclic) bond motifs is 3. The molecule has 10 heteroatoms. The zero-order chi connectivity index (χ0) is 26.8. The van der Waals surface area contributed by atoms with Gasteiger partial charge in [0.1, 0.15) is 17.1 Å². The highest BCUT2D eigenvalue weighted by atomic mass is 16.5. The highest BCUT2D eigenvalue weighted by Crippen LogP contribution is 2.46. The minimum Gasteiger partial charge on any atom is -0.497 e. The summed E-state index contributed by atoms with van der Waals surface area (Å²) < 4.78 is 27.8. The number of benzene rings is 3. The Balaban J connectivity index is 1.60. The van der Waals surface area contributed by atoms with Gasteiger partial charge in [-0.05, 0) is 54.1 Å². The van der Waals surface area contributed by atoms with Crippen molar-refractivity contribution in [3.05, 3.63) is 88.3 Å². The molecule has 0 fully saturated rings. The van der Waals surface area contributed by atoms with E-state index >= 15 is 0 Å². The van der Waals surface area contributed by atoms with Crippen LogP contribution in [0.4, 0.5) is 5.69 Å². The molecule has 10 nitrogen and oxygen atoms in total. The number of hydrogen-bond donors (Lipinski definition) is 2. The number of methoxy groups -OCH3 is 2. The molecule has 0 saturated carbocycles. The van der Waals surface area contributed by atoms with Gasteiger partial charge in [-0.3, -0.25) is 9.59 Å². The zero-order valence-corrected chi connectivity index (χ0v) is 20.6. The van der Waals surface area contributed by atoms with Gasteiger partial charge in [0.05, 0.1) is 31.1 Å². The Labute approximate surface area is 216 Å². The Hall–Kier alpha value is -4.99. The van der Waals surface area contributed by atoms with E-state index in [0.717, 1.165) is 0 Å². The topological polar surface area (TPSA) is 139 Å². The molecule has 38 heavy (non-hydrogen) atoms. The first-order chi connectivity index (χ1) is 18.4. The maximum absolute atomic E-state index is 13.6. The van der Waals surface area contributed by atoms with Gasteiger partial charge in [0.15, 0.2) is 24.2 Å². The second-order valence-corrected chi connectivity index (χ2v) is 8.53. The van der Waals surface area contributed by atoms with Crippen molar-refractivity contribution >= 4 is 28.5 Å². The fourth-order valence-corrected chi connectivity index (χ4v) is 4.46. The van der Waals surface area contributed by atoms with Gasteiger partial charge in [-0.2, -0.15) is 0 Å². The summed E-state index contributed by atoms with van der Waals surface area (Å²) in [5, 5.41) is 3.41. The van der Waals surface area contributed by atoms with E-state index in [4.69, 9.17) is 29.1 Å². The maximum Gasteiger partial charge on any atom is 0.344 e. The summed E-state index contributed by atoms with van der Waals surface area (Å²) in [6.45, 7) is -0.383. The number of para-hydroxylation sites is 1. The van der Waals surface area contributed by atoms with Crippen molar-refractivity contribution in [2.45, 2.75) is 12.0 Å². The van der Waals surface area contributed by atoms with Crippen molar-refractivity contribution < 1.29 is 33.0 Å². The molecule has 1 aromatic heterocycles. The summed E-state index contributed by atoms with van der Waals surface area (Å²) in [6, 6.07) is 18.7. The number of carbonyl (C=O) groups is 2. The van der Waals surface area contributed by atoms with Gasteiger partial charge in [-0.1, -0.05) is 18.2 Å². The summed E-state index contributed by atoms with van der Waals surface area (Å²) >= 11 is 0. The highest BCUT2D eigenvalue weighted by Gasteiger charge is 2.44. The average Bonchev–Trinajstić information content (AvgIpc) is 3.34. The van der Waals surface area contributed by atoms with E-state index < -0.39 is 29.5 Å². The van der Waals surface area contributed by atoms with Crippen LogP contribution in [0.3, 0.4) is 0 Å². The zero-order valence-electron chi connectivity index (χ0n) is 20.6. The highest BCUT2D eigenvalue weighted by molar-refractivity contribution is 5.97. The third-order valence-corrected chi connectivity index (χ3v) is 6.19.